The molecule has 2 N–H and O–H groups in total. The lowest BCUT2D eigenvalue weighted by Crippen LogP contribution is -2.43. The van der Waals surface area contributed by atoms with E-state index in [1.807, 2.05) is 54.5 Å². The maximum atomic E-state index is 13.5. The van der Waals surface area contributed by atoms with Crippen LogP contribution in [0.3, 0.4) is 0 Å². The van der Waals surface area contributed by atoms with Gasteiger partial charge in [-0.2, -0.15) is 5.10 Å². The van der Waals surface area contributed by atoms with Crippen molar-refractivity contribution in [2.45, 2.75) is 33.0 Å². The van der Waals surface area contributed by atoms with E-state index in [2.05, 4.69) is 15.6 Å². The maximum absolute atomic E-state index is 13.5. The van der Waals surface area contributed by atoms with Crippen molar-refractivity contribution in [3.8, 4) is 22.9 Å². The topological polar surface area (TPSA) is 124 Å². The maximum Gasteiger partial charge on any atom is 0.251 e. The number of thiazole rings is 1. The Balaban J connectivity index is 1.50. The van der Waals surface area contributed by atoms with Crippen molar-refractivity contribution in [1.82, 2.24) is 35.3 Å². The van der Waals surface area contributed by atoms with Crippen molar-refractivity contribution in [3.05, 3.63) is 76.5 Å². The van der Waals surface area contributed by atoms with Gasteiger partial charge >= 0.3 is 0 Å². The van der Waals surface area contributed by atoms with Gasteiger partial charge in [-0.15, -0.1) is 11.3 Å². The van der Waals surface area contributed by atoms with Crippen LogP contribution in [0.15, 0.2) is 59.4 Å². The van der Waals surface area contributed by atoms with Gasteiger partial charge in [-0.05, 0) is 24.1 Å². The summed E-state index contributed by atoms with van der Waals surface area (Å²) >= 11 is 1.50. The van der Waals surface area contributed by atoms with Crippen LogP contribution in [0.2, 0.25) is 0 Å². The first-order chi connectivity index (χ1) is 20.4. The third-order valence-corrected chi connectivity index (χ3v) is 7.57. The summed E-state index contributed by atoms with van der Waals surface area (Å²) in [7, 11) is 1.56. The van der Waals surface area contributed by atoms with E-state index in [-0.39, 0.29) is 30.9 Å². The molecule has 3 heterocycles. The normalized spacial score (nSPS) is 17.1. The Hall–Kier alpha value is -4.29. The highest BCUT2D eigenvalue weighted by Gasteiger charge is 2.27. The van der Waals surface area contributed by atoms with Gasteiger partial charge in [-0.1, -0.05) is 44.2 Å². The number of nitrogens with one attached hydrogen (secondary N) is 2. The molecule has 0 saturated carbocycles. The number of carbonyl (C=O) groups is 2. The molecule has 1 atom stereocenters. The van der Waals surface area contributed by atoms with Crippen LogP contribution < -0.4 is 20.1 Å². The number of rotatable bonds is 5. The molecule has 5 rings (SSSR count). The third kappa shape index (κ3) is 7.12. The van der Waals surface area contributed by atoms with Gasteiger partial charge < -0.3 is 20.1 Å². The van der Waals surface area contributed by atoms with Gasteiger partial charge in [0.2, 0.25) is 5.91 Å². The molecule has 1 aliphatic heterocycles. The number of carbonyl (C=O) groups excluding carboxylic acids is 2. The van der Waals surface area contributed by atoms with Gasteiger partial charge in [0, 0.05) is 36.1 Å². The van der Waals surface area contributed by atoms with E-state index in [0.29, 0.717) is 54.9 Å². The fraction of sp³-hybridized carbons (Fsp3) is 0.367. The molecule has 1 aliphatic rings. The fourth-order valence-corrected chi connectivity index (χ4v) is 5.32. The summed E-state index contributed by atoms with van der Waals surface area (Å²) in [5.74, 6) is 1.84. The zero-order valence-corrected chi connectivity index (χ0v) is 24.8. The van der Waals surface area contributed by atoms with Crippen molar-refractivity contribution < 1.29 is 19.1 Å². The SMILES string of the molecule is COc1ccc2cc1OCCn1nc(-c3ccccc3)nc1[C@@H](C(C)C)NC(=O)CN(Cc1cscn1)CCNC2=O. The number of hydrogen-bond donors (Lipinski definition) is 2. The monoisotopic (exact) mass is 589 g/mol. The van der Waals surface area contributed by atoms with Gasteiger partial charge in [0.1, 0.15) is 6.61 Å². The molecule has 2 bridgehead atoms. The highest BCUT2D eigenvalue weighted by Crippen LogP contribution is 2.29. The molecule has 0 spiro atoms. The number of methoxy groups -OCH3 is 1. The second kappa shape index (κ2) is 13.6. The van der Waals surface area contributed by atoms with E-state index >= 15 is 0 Å². The first kappa shape index (κ1) is 29.2. The van der Waals surface area contributed by atoms with E-state index in [4.69, 9.17) is 19.6 Å². The first-order valence-electron chi connectivity index (χ1n) is 13.9. The fourth-order valence-electron chi connectivity index (χ4n) is 4.77. The van der Waals surface area contributed by atoms with Gasteiger partial charge in [-0.25, -0.2) is 14.6 Å². The summed E-state index contributed by atoms with van der Waals surface area (Å²) in [6.07, 6.45) is 0. The van der Waals surface area contributed by atoms with Crippen LogP contribution in [-0.2, 0) is 17.9 Å². The largest absolute Gasteiger partial charge is 0.493 e. The summed E-state index contributed by atoms with van der Waals surface area (Å²) in [6.45, 7) is 6.11. The predicted octanol–water partition coefficient (Wildman–Crippen LogP) is 3.55. The summed E-state index contributed by atoms with van der Waals surface area (Å²) in [5, 5.41) is 12.9. The molecule has 12 heteroatoms. The Morgan fingerprint density at radius 3 is 2.69 bits per heavy atom. The molecular weight excluding hydrogens is 554 g/mol. The Bertz CT molecular complexity index is 1490. The Morgan fingerprint density at radius 1 is 1.12 bits per heavy atom. The summed E-state index contributed by atoms with van der Waals surface area (Å²) in [4.78, 5) is 37.7. The van der Waals surface area contributed by atoms with Crippen LogP contribution >= 0.6 is 11.3 Å². The molecule has 2 aromatic carbocycles. The van der Waals surface area contributed by atoms with Crippen molar-refractivity contribution in [3.63, 3.8) is 0 Å². The molecular formula is C30H35N7O4S. The van der Waals surface area contributed by atoms with Crippen LogP contribution in [0.25, 0.3) is 11.4 Å². The van der Waals surface area contributed by atoms with E-state index in [1.54, 1.807) is 35.5 Å². The molecule has 4 aromatic rings. The number of ether oxygens (including phenoxy) is 2. The number of nitrogens with zero attached hydrogens (tertiary/aromatic N) is 5. The van der Waals surface area contributed by atoms with Crippen LogP contribution in [0.5, 0.6) is 11.5 Å². The standard InChI is InChI=1S/C30H35N7O4S/c1-20(2)27-29-34-28(21-7-5-4-6-8-21)35-37(29)13-14-41-25-15-22(9-10-24(25)40-3)30(39)31-11-12-36(17-26(38)33-27)16-23-18-42-19-32-23/h4-10,15,18-20,27H,11-14,16-17H2,1-3H3,(H,31,39)(H,33,38)/t27-/m1/s1. The summed E-state index contributed by atoms with van der Waals surface area (Å²) in [5.41, 5.74) is 3.97. The predicted molar refractivity (Wildman–Crippen MR) is 159 cm³/mol. The molecule has 0 radical (unpaired) electrons. The lowest BCUT2D eigenvalue weighted by molar-refractivity contribution is -0.123. The Morgan fingerprint density at radius 2 is 1.95 bits per heavy atom. The molecule has 2 aromatic heterocycles. The van der Waals surface area contributed by atoms with Crippen LogP contribution in [-0.4, -0.2) is 69.8 Å². The van der Waals surface area contributed by atoms with E-state index in [9.17, 15) is 9.59 Å². The molecule has 0 saturated heterocycles. The Labute approximate surface area is 248 Å². The molecule has 42 heavy (non-hydrogen) atoms. The van der Waals surface area contributed by atoms with Crippen LogP contribution in [0.4, 0.5) is 0 Å². The van der Waals surface area contributed by atoms with Gasteiger partial charge in [-0.3, -0.25) is 14.5 Å². The summed E-state index contributed by atoms with van der Waals surface area (Å²) < 4.78 is 13.4. The van der Waals surface area contributed by atoms with E-state index in [1.165, 1.54) is 11.3 Å². The second-order valence-electron chi connectivity index (χ2n) is 10.3. The van der Waals surface area contributed by atoms with Gasteiger partial charge in [0.25, 0.3) is 5.91 Å². The smallest absolute Gasteiger partial charge is 0.251 e. The molecule has 2 amide bonds. The second-order valence-corrected chi connectivity index (χ2v) is 11.1. The molecule has 0 fully saturated rings. The lowest BCUT2D eigenvalue weighted by Gasteiger charge is -2.25. The highest BCUT2D eigenvalue weighted by molar-refractivity contribution is 7.07. The Kier molecular flexibility index (Phi) is 9.45. The number of fused-ring (bicyclic) bond motifs is 3. The van der Waals surface area contributed by atoms with Gasteiger partial charge in [0.05, 0.1) is 37.4 Å². The minimum absolute atomic E-state index is 0.0339. The zero-order chi connectivity index (χ0) is 29.5. The van der Waals surface area contributed by atoms with Crippen LogP contribution in [0, 0.1) is 5.92 Å². The first-order valence-corrected chi connectivity index (χ1v) is 14.8. The van der Waals surface area contributed by atoms with Crippen LogP contribution in [0.1, 0.15) is 41.8 Å². The minimum atomic E-state index is -0.392. The average molecular weight is 590 g/mol. The number of amides is 2. The molecule has 0 unspecified atom stereocenters. The van der Waals surface area contributed by atoms with Crippen molar-refractivity contribution in [2.24, 2.45) is 5.92 Å². The highest BCUT2D eigenvalue weighted by atomic mass is 32.1. The minimum Gasteiger partial charge on any atom is -0.493 e. The van der Waals surface area contributed by atoms with Gasteiger partial charge in [0.15, 0.2) is 23.1 Å². The van der Waals surface area contributed by atoms with Crippen molar-refractivity contribution in [2.75, 3.05) is 33.4 Å². The number of aromatic nitrogens is 4. The summed E-state index contributed by atoms with van der Waals surface area (Å²) in [6, 6.07) is 14.5. The number of benzene rings is 2. The molecule has 220 valence electrons. The van der Waals surface area contributed by atoms with E-state index in [0.717, 1.165) is 11.3 Å². The number of hydrogen-bond acceptors (Lipinski definition) is 9. The molecule has 0 aliphatic carbocycles. The average Bonchev–Trinajstić information content (AvgIpc) is 3.66. The molecule has 11 nitrogen and oxygen atoms in total. The lowest BCUT2D eigenvalue weighted by atomic mass is 10.0. The zero-order valence-electron chi connectivity index (χ0n) is 23.9. The third-order valence-electron chi connectivity index (χ3n) is 6.93. The van der Waals surface area contributed by atoms with Crippen molar-refractivity contribution >= 4 is 23.2 Å². The van der Waals surface area contributed by atoms with Crippen molar-refractivity contribution in [1.29, 1.82) is 0 Å². The van der Waals surface area contributed by atoms with E-state index < -0.39 is 6.04 Å². The quantitative estimate of drug-likeness (QED) is 0.362.